The number of nitrogens with one attached hydrogen (secondary N) is 2. The standard InChI is InChI=1S/C18H21N3O6/c1-4-27-13-9-18(16(23)24,17(13,2)3)20-15(22)11-8-10-6-5-7-12(21(25)26)14(10)19-11/h5-8,13,19H,4,9H2,1-3H3,(H,20,22)(H,23,24). The molecule has 1 aliphatic rings. The predicted molar refractivity (Wildman–Crippen MR) is 96.6 cm³/mol. The van der Waals surface area contributed by atoms with Crippen LogP contribution in [0.1, 0.15) is 37.7 Å². The molecule has 0 saturated heterocycles. The average Bonchev–Trinajstić information content (AvgIpc) is 3.04. The second kappa shape index (κ2) is 6.34. The highest BCUT2D eigenvalue weighted by Crippen LogP contribution is 2.51. The highest BCUT2D eigenvalue weighted by molar-refractivity contribution is 6.02. The molecule has 1 fully saturated rings. The average molecular weight is 375 g/mol. The summed E-state index contributed by atoms with van der Waals surface area (Å²) in [6.45, 7) is 5.75. The molecule has 1 aliphatic carbocycles. The number of non-ortho nitro benzene ring substituents is 1. The Balaban J connectivity index is 1.92. The van der Waals surface area contributed by atoms with Gasteiger partial charge in [-0.2, -0.15) is 0 Å². The van der Waals surface area contributed by atoms with Crippen LogP contribution in [0.4, 0.5) is 5.69 Å². The van der Waals surface area contributed by atoms with Gasteiger partial charge >= 0.3 is 5.97 Å². The maximum Gasteiger partial charge on any atom is 0.330 e. The smallest absolute Gasteiger partial charge is 0.330 e. The fraction of sp³-hybridized carbons (Fsp3) is 0.444. The lowest BCUT2D eigenvalue weighted by Gasteiger charge is -2.58. The minimum atomic E-state index is -1.48. The van der Waals surface area contributed by atoms with Gasteiger partial charge in [-0.1, -0.05) is 26.0 Å². The van der Waals surface area contributed by atoms with E-state index < -0.39 is 27.8 Å². The molecule has 3 N–H and O–H groups in total. The second-order valence-electron chi connectivity index (χ2n) is 7.22. The van der Waals surface area contributed by atoms with Gasteiger partial charge in [0.05, 0.1) is 11.0 Å². The van der Waals surface area contributed by atoms with Crippen LogP contribution in [0.3, 0.4) is 0 Å². The third kappa shape index (κ3) is 2.74. The molecule has 0 bridgehead atoms. The maximum atomic E-state index is 12.7. The zero-order chi connectivity index (χ0) is 20.0. The van der Waals surface area contributed by atoms with Crippen LogP contribution >= 0.6 is 0 Å². The van der Waals surface area contributed by atoms with E-state index in [1.54, 1.807) is 19.9 Å². The maximum absolute atomic E-state index is 12.7. The van der Waals surface area contributed by atoms with E-state index in [0.717, 1.165) is 0 Å². The minimum absolute atomic E-state index is 0.0654. The molecule has 1 heterocycles. The summed E-state index contributed by atoms with van der Waals surface area (Å²) in [5, 5.41) is 24.0. The number of para-hydroxylation sites is 1. The monoisotopic (exact) mass is 375 g/mol. The number of carbonyl (C=O) groups excluding carboxylic acids is 1. The Hall–Kier alpha value is -2.94. The van der Waals surface area contributed by atoms with E-state index in [0.29, 0.717) is 12.0 Å². The van der Waals surface area contributed by atoms with Crippen molar-refractivity contribution in [1.82, 2.24) is 10.3 Å². The Morgan fingerprint density at radius 2 is 2.15 bits per heavy atom. The van der Waals surface area contributed by atoms with Crippen LogP contribution in [0, 0.1) is 15.5 Å². The summed E-state index contributed by atoms with van der Waals surface area (Å²) >= 11 is 0. The zero-order valence-corrected chi connectivity index (χ0v) is 15.2. The van der Waals surface area contributed by atoms with E-state index in [9.17, 15) is 24.8 Å². The fourth-order valence-electron chi connectivity index (χ4n) is 3.71. The molecular weight excluding hydrogens is 354 g/mol. The summed E-state index contributed by atoms with van der Waals surface area (Å²) < 4.78 is 5.58. The number of carbonyl (C=O) groups is 2. The van der Waals surface area contributed by atoms with Gasteiger partial charge in [0.2, 0.25) is 0 Å². The number of nitrogens with zero attached hydrogens (tertiary/aromatic N) is 1. The molecule has 9 heteroatoms. The second-order valence-corrected chi connectivity index (χ2v) is 7.22. The predicted octanol–water partition coefficient (Wildman–Crippen LogP) is 2.46. The van der Waals surface area contributed by atoms with E-state index in [2.05, 4.69) is 10.3 Å². The summed E-state index contributed by atoms with van der Waals surface area (Å²) in [5.41, 5.74) is -2.16. The molecule has 27 heavy (non-hydrogen) atoms. The molecular formula is C18H21N3O6. The Bertz CT molecular complexity index is 934. The van der Waals surface area contributed by atoms with E-state index in [1.165, 1.54) is 18.2 Å². The van der Waals surface area contributed by atoms with Crippen LogP contribution in [-0.2, 0) is 9.53 Å². The molecule has 1 aromatic carbocycles. The number of carboxylic acids is 1. The van der Waals surface area contributed by atoms with Crippen molar-refractivity contribution in [3.05, 3.63) is 40.1 Å². The first-order chi connectivity index (χ1) is 12.6. The molecule has 0 spiro atoms. The lowest BCUT2D eigenvalue weighted by Crippen LogP contribution is -2.76. The number of fused-ring (bicyclic) bond motifs is 1. The van der Waals surface area contributed by atoms with Crippen molar-refractivity contribution >= 4 is 28.5 Å². The molecule has 9 nitrogen and oxygen atoms in total. The van der Waals surface area contributed by atoms with Gasteiger partial charge in [-0.05, 0) is 13.0 Å². The third-order valence-electron chi connectivity index (χ3n) is 5.53. The number of rotatable bonds is 6. The number of hydrogen-bond acceptors (Lipinski definition) is 5. The van der Waals surface area contributed by atoms with Crippen LogP contribution in [0.2, 0.25) is 0 Å². The van der Waals surface area contributed by atoms with Crippen LogP contribution in [-0.4, -0.2) is 45.1 Å². The number of aromatic amines is 1. The van der Waals surface area contributed by atoms with Gasteiger partial charge in [0.15, 0.2) is 0 Å². The van der Waals surface area contributed by atoms with Crippen molar-refractivity contribution in [3.8, 4) is 0 Å². The number of H-pyrrole nitrogens is 1. The van der Waals surface area contributed by atoms with Crippen molar-refractivity contribution in [2.75, 3.05) is 6.61 Å². The number of nitro benzene ring substituents is 1. The van der Waals surface area contributed by atoms with Crippen molar-refractivity contribution < 1.29 is 24.4 Å². The van der Waals surface area contributed by atoms with Gasteiger partial charge in [-0.3, -0.25) is 14.9 Å². The molecule has 2 unspecified atom stereocenters. The van der Waals surface area contributed by atoms with Gasteiger partial charge in [-0.25, -0.2) is 4.79 Å². The first-order valence-corrected chi connectivity index (χ1v) is 8.57. The molecule has 1 saturated carbocycles. The molecule has 0 aliphatic heterocycles. The molecule has 144 valence electrons. The Morgan fingerprint density at radius 3 is 2.70 bits per heavy atom. The van der Waals surface area contributed by atoms with Crippen LogP contribution in [0.25, 0.3) is 10.9 Å². The first kappa shape index (κ1) is 18.8. The minimum Gasteiger partial charge on any atom is -0.479 e. The summed E-state index contributed by atoms with van der Waals surface area (Å²) in [5.74, 6) is -1.77. The Kier molecular flexibility index (Phi) is 4.43. The van der Waals surface area contributed by atoms with E-state index in [4.69, 9.17) is 4.74 Å². The largest absolute Gasteiger partial charge is 0.479 e. The number of aliphatic carboxylic acids is 1. The van der Waals surface area contributed by atoms with E-state index in [1.807, 2.05) is 6.92 Å². The molecule has 1 amide bonds. The number of amides is 1. The van der Waals surface area contributed by atoms with Crippen LogP contribution < -0.4 is 5.32 Å². The van der Waals surface area contributed by atoms with Crippen LogP contribution in [0.5, 0.6) is 0 Å². The highest BCUT2D eigenvalue weighted by atomic mass is 16.6. The zero-order valence-electron chi connectivity index (χ0n) is 15.2. The van der Waals surface area contributed by atoms with Crippen molar-refractivity contribution in [3.63, 3.8) is 0 Å². The Morgan fingerprint density at radius 1 is 1.44 bits per heavy atom. The van der Waals surface area contributed by atoms with Crippen molar-refractivity contribution in [1.29, 1.82) is 0 Å². The number of carboxylic acid groups (broad SMARTS) is 1. The first-order valence-electron chi connectivity index (χ1n) is 8.57. The quantitative estimate of drug-likeness (QED) is 0.524. The number of nitro groups is 1. The lowest BCUT2D eigenvalue weighted by atomic mass is 9.54. The normalized spacial score (nSPS) is 23.6. The lowest BCUT2D eigenvalue weighted by molar-refractivity contribution is -0.383. The summed E-state index contributed by atoms with van der Waals surface area (Å²) in [4.78, 5) is 38.1. The van der Waals surface area contributed by atoms with Crippen molar-refractivity contribution in [2.24, 2.45) is 5.41 Å². The third-order valence-corrected chi connectivity index (χ3v) is 5.53. The summed E-state index contributed by atoms with van der Waals surface area (Å²) in [6.07, 6.45) is -0.141. The molecule has 2 aromatic rings. The van der Waals surface area contributed by atoms with Crippen molar-refractivity contribution in [2.45, 2.75) is 38.8 Å². The van der Waals surface area contributed by atoms with E-state index in [-0.39, 0.29) is 29.4 Å². The van der Waals surface area contributed by atoms with Crippen LogP contribution in [0.15, 0.2) is 24.3 Å². The van der Waals surface area contributed by atoms with Gasteiger partial charge in [-0.15, -0.1) is 0 Å². The highest BCUT2D eigenvalue weighted by Gasteiger charge is 2.66. The molecule has 1 aromatic heterocycles. The Labute approximate surface area is 154 Å². The molecule has 2 atom stereocenters. The molecule has 0 radical (unpaired) electrons. The number of hydrogen-bond donors (Lipinski definition) is 3. The molecule has 3 rings (SSSR count). The van der Waals surface area contributed by atoms with E-state index >= 15 is 0 Å². The fourth-order valence-corrected chi connectivity index (χ4v) is 3.71. The number of aromatic nitrogens is 1. The summed E-state index contributed by atoms with van der Waals surface area (Å²) in [7, 11) is 0. The SMILES string of the molecule is CCOC1CC(NC(=O)c2cc3cccc([N+](=O)[O-])c3[nH]2)(C(=O)O)C1(C)C. The van der Waals surface area contributed by atoms with Gasteiger partial charge in [0, 0.05) is 29.9 Å². The number of benzene rings is 1. The number of ether oxygens (including phenoxy) is 1. The van der Waals surface area contributed by atoms with Gasteiger partial charge in [0.25, 0.3) is 11.6 Å². The topological polar surface area (TPSA) is 135 Å². The summed E-state index contributed by atoms with van der Waals surface area (Å²) in [6, 6.07) is 5.97. The van der Waals surface area contributed by atoms with Gasteiger partial charge in [0.1, 0.15) is 16.7 Å². The van der Waals surface area contributed by atoms with Gasteiger partial charge < -0.3 is 20.1 Å².